The fourth-order valence-corrected chi connectivity index (χ4v) is 2.25. The molecule has 0 saturated carbocycles. The Labute approximate surface area is 122 Å². The average Bonchev–Trinajstić information content (AvgIpc) is 2.43. The SMILES string of the molecule is CCCCCCCCCOc1ccc(F)cc1[C@H](C)N. The van der Waals surface area contributed by atoms with E-state index in [1.165, 1.54) is 50.7 Å². The molecule has 3 heteroatoms. The van der Waals surface area contributed by atoms with Crippen LogP contribution in [-0.2, 0) is 0 Å². The lowest BCUT2D eigenvalue weighted by Crippen LogP contribution is -2.09. The highest BCUT2D eigenvalue weighted by atomic mass is 19.1. The van der Waals surface area contributed by atoms with Crippen LogP contribution in [0.5, 0.6) is 5.75 Å². The van der Waals surface area contributed by atoms with Crippen LogP contribution < -0.4 is 10.5 Å². The third kappa shape index (κ3) is 6.38. The van der Waals surface area contributed by atoms with Crippen LogP contribution in [0.15, 0.2) is 18.2 Å². The van der Waals surface area contributed by atoms with Crippen molar-refractivity contribution in [1.29, 1.82) is 0 Å². The van der Waals surface area contributed by atoms with E-state index in [1.807, 2.05) is 6.92 Å². The number of hydrogen-bond donors (Lipinski definition) is 1. The van der Waals surface area contributed by atoms with Crippen LogP contribution in [0.1, 0.15) is 70.4 Å². The third-order valence-corrected chi connectivity index (χ3v) is 3.47. The van der Waals surface area contributed by atoms with Gasteiger partial charge in [0.25, 0.3) is 0 Å². The number of unbranched alkanes of at least 4 members (excludes halogenated alkanes) is 6. The van der Waals surface area contributed by atoms with Gasteiger partial charge in [0, 0.05) is 11.6 Å². The molecule has 0 spiro atoms. The summed E-state index contributed by atoms with van der Waals surface area (Å²) < 4.78 is 18.9. The Morgan fingerprint density at radius 2 is 1.75 bits per heavy atom. The minimum absolute atomic E-state index is 0.213. The van der Waals surface area contributed by atoms with E-state index in [0.717, 1.165) is 12.0 Å². The van der Waals surface area contributed by atoms with E-state index in [1.54, 1.807) is 6.07 Å². The molecule has 0 bridgehead atoms. The quantitative estimate of drug-likeness (QED) is 0.614. The van der Waals surface area contributed by atoms with Crippen molar-refractivity contribution >= 4 is 0 Å². The average molecular weight is 281 g/mol. The third-order valence-electron chi connectivity index (χ3n) is 3.47. The predicted octanol–water partition coefficient (Wildman–Crippen LogP) is 4.97. The molecule has 0 aromatic heterocycles. The zero-order chi connectivity index (χ0) is 14.8. The van der Waals surface area contributed by atoms with Gasteiger partial charge in [-0.25, -0.2) is 4.39 Å². The molecule has 0 radical (unpaired) electrons. The highest BCUT2D eigenvalue weighted by molar-refractivity contribution is 5.36. The molecule has 0 amide bonds. The maximum absolute atomic E-state index is 13.2. The van der Waals surface area contributed by atoms with Crippen molar-refractivity contribution in [2.75, 3.05) is 6.61 Å². The Kier molecular flexibility index (Phi) is 8.28. The molecule has 0 saturated heterocycles. The normalized spacial score (nSPS) is 12.4. The van der Waals surface area contributed by atoms with Gasteiger partial charge >= 0.3 is 0 Å². The van der Waals surface area contributed by atoms with E-state index in [0.29, 0.717) is 12.4 Å². The Bertz CT molecular complexity index is 379. The van der Waals surface area contributed by atoms with Crippen molar-refractivity contribution in [3.05, 3.63) is 29.6 Å². The van der Waals surface area contributed by atoms with Crippen molar-refractivity contribution < 1.29 is 9.13 Å². The van der Waals surface area contributed by atoms with Gasteiger partial charge in [-0.1, -0.05) is 45.4 Å². The number of nitrogens with two attached hydrogens (primary N) is 1. The van der Waals surface area contributed by atoms with Crippen molar-refractivity contribution in [3.63, 3.8) is 0 Å². The molecule has 1 atom stereocenters. The highest BCUT2D eigenvalue weighted by Crippen LogP contribution is 2.25. The molecule has 0 unspecified atom stereocenters. The van der Waals surface area contributed by atoms with Gasteiger partial charge in [-0.15, -0.1) is 0 Å². The summed E-state index contributed by atoms with van der Waals surface area (Å²) in [5.41, 5.74) is 6.58. The second-order valence-corrected chi connectivity index (χ2v) is 5.44. The Hall–Kier alpha value is -1.09. The largest absolute Gasteiger partial charge is 0.493 e. The molecule has 2 nitrogen and oxygen atoms in total. The number of hydrogen-bond acceptors (Lipinski definition) is 2. The number of rotatable bonds is 10. The van der Waals surface area contributed by atoms with Crippen LogP contribution in [0.4, 0.5) is 4.39 Å². The summed E-state index contributed by atoms with van der Waals surface area (Å²) in [6.45, 7) is 4.75. The lowest BCUT2D eigenvalue weighted by molar-refractivity contribution is 0.299. The van der Waals surface area contributed by atoms with Gasteiger partial charge < -0.3 is 10.5 Å². The Morgan fingerprint density at radius 1 is 1.10 bits per heavy atom. The van der Waals surface area contributed by atoms with Gasteiger partial charge in [0.1, 0.15) is 11.6 Å². The minimum atomic E-state index is -0.263. The van der Waals surface area contributed by atoms with E-state index in [-0.39, 0.29) is 11.9 Å². The van der Waals surface area contributed by atoms with E-state index >= 15 is 0 Å². The number of halogens is 1. The van der Waals surface area contributed by atoms with Crippen molar-refractivity contribution in [2.45, 2.75) is 64.8 Å². The molecular weight excluding hydrogens is 253 g/mol. The van der Waals surface area contributed by atoms with Crippen LogP contribution in [0.2, 0.25) is 0 Å². The Morgan fingerprint density at radius 3 is 2.40 bits per heavy atom. The van der Waals surface area contributed by atoms with E-state index in [4.69, 9.17) is 10.5 Å². The molecule has 114 valence electrons. The first-order valence-electron chi connectivity index (χ1n) is 7.83. The van der Waals surface area contributed by atoms with Gasteiger partial charge in [0.15, 0.2) is 0 Å². The molecule has 2 N–H and O–H groups in total. The number of benzene rings is 1. The van der Waals surface area contributed by atoms with E-state index in [9.17, 15) is 4.39 Å². The summed E-state index contributed by atoms with van der Waals surface area (Å²) in [5.74, 6) is 0.452. The fraction of sp³-hybridized carbons (Fsp3) is 0.647. The smallest absolute Gasteiger partial charge is 0.124 e. The van der Waals surface area contributed by atoms with Crippen LogP contribution in [0.3, 0.4) is 0 Å². The monoisotopic (exact) mass is 281 g/mol. The maximum atomic E-state index is 13.2. The summed E-state index contributed by atoms with van der Waals surface area (Å²) in [7, 11) is 0. The highest BCUT2D eigenvalue weighted by Gasteiger charge is 2.09. The van der Waals surface area contributed by atoms with Crippen LogP contribution >= 0.6 is 0 Å². The van der Waals surface area contributed by atoms with Gasteiger partial charge in [-0.3, -0.25) is 0 Å². The van der Waals surface area contributed by atoms with Crippen LogP contribution in [0.25, 0.3) is 0 Å². The summed E-state index contributed by atoms with van der Waals surface area (Å²) in [5, 5.41) is 0. The molecule has 1 rings (SSSR count). The van der Waals surface area contributed by atoms with Crippen LogP contribution in [0, 0.1) is 5.82 Å². The second-order valence-electron chi connectivity index (χ2n) is 5.44. The lowest BCUT2D eigenvalue weighted by atomic mass is 10.1. The Balaban J connectivity index is 2.25. The van der Waals surface area contributed by atoms with E-state index < -0.39 is 0 Å². The minimum Gasteiger partial charge on any atom is -0.493 e. The molecule has 20 heavy (non-hydrogen) atoms. The molecule has 0 aliphatic carbocycles. The topological polar surface area (TPSA) is 35.2 Å². The molecule has 1 aromatic rings. The van der Waals surface area contributed by atoms with E-state index in [2.05, 4.69) is 6.92 Å². The molecule has 0 aliphatic rings. The number of ether oxygens (including phenoxy) is 1. The van der Waals surface area contributed by atoms with Gasteiger partial charge in [-0.2, -0.15) is 0 Å². The molecule has 1 aromatic carbocycles. The first-order valence-corrected chi connectivity index (χ1v) is 7.83. The van der Waals surface area contributed by atoms with Gasteiger partial charge in [-0.05, 0) is 31.5 Å². The first kappa shape index (κ1) is 17.0. The molecule has 0 fully saturated rings. The molecule has 0 heterocycles. The molecular formula is C17H28FNO. The zero-order valence-corrected chi connectivity index (χ0v) is 12.8. The van der Waals surface area contributed by atoms with Crippen LogP contribution in [-0.4, -0.2) is 6.61 Å². The lowest BCUT2D eigenvalue weighted by Gasteiger charge is -2.14. The van der Waals surface area contributed by atoms with Gasteiger partial charge in [0.2, 0.25) is 0 Å². The summed E-state index contributed by atoms with van der Waals surface area (Å²) >= 11 is 0. The summed E-state index contributed by atoms with van der Waals surface area (Å²) in [6, 6.07) is 4.35. The van der Waals surface area contributed by atoms with Crippen molar-refractivity contribution in [1.82, 2.24) is 0 Å². The summed E-state index contributed by atoms with van der Waals surface area (Å²) in [6.07, 6.45) is 8.78. The standard InChI is InChI=1S/C17H28FNO/c1-3-4-5-6-7-8-9-12-20-17-11-10-15(18)13-16(17)14(2)19/h10-11,13-14H,3-9,12,19H2,1-2H3/t14-/m0/s1. The fourth-order valence-electron chi connectivity index (χ4n) is 2.25. The molecule has 0 aliphatic heterocycles. The predicted molar refractivity (Wildman–Crippen MR) is 82.5 cm³/mol. The second kappa shape index (κ2) is 9.76. The summed E-state index contributed by atoms with van der Waals surface area (Å²) in [4.78, 5) is 0. The zero-order valence-electron chi connectivity index (χ0n) is 12.8. The first-order chi connectivity index (χ1) is 9.65. The van der Waals surface area contributed by atoms with Gasteiger partial charge in [0.05, 0.1) is 6.61 Å². The van der Waals surface area contributed by atoms with Crippen molar-refractivity contribution in [3.8, 4) is 5.75 Å². The van der Waals surface area contributed by atoms with Crippen molar-refractivity contribution in [2.24, 2.45) is 5.73 Å². The maximum Gasteiger partial charge on any atom is 0.124 e.